The molecule has 31 heavy (non-hydrogen) atoms. The number of likely N-dealkylation sites (tertiary alicyclic amines) is 1. The molecule has 0 bridgehead atoms. The lowest BCUT2D eigenvalue weighted by molar-refractivity contribution is -0.132. The molecule has 0 aliphatic carbocycles. The van der Waals surface area contributed by atoms with Gasteiger partial charge < -0.3 is 15.2 Å². The number of hydrogen-bond donors (Lipinski definition) is 2. The van der Waals surface area contributed by atoms with Gasteiger partial charge in [-0.3, -0.25) is 4.79 Å². The van der Waals surface area contributed by atoms with Gasteiger partial charge in [0, 0.05) is 48.7 Å². The fourth-order valence-electron chi connectivity index (χ4n) is 3.96. The molecule has 9 nitrogen and oxygen atoms in total. The minimum absolute atomic E-state index is 0.0290. The second kappa shape index (κ2) is 8.28. The lowest BCUT2D eigenvalue weighted by Crippen LogP contribution is -2.48. The Morgan fingerprint density at radius 2 is 2.26 bits per heavy atom. The van der Waals surface area contributed by atoms with Crippen molar-refractivity contribution in [3.8, 4) is 17.3 Å². The van der Waals surface area contributed by atoms with Crippen molar-refractivity contribution >= 4 is 44.0 Å². The number of anilines is 1. The molecule has 3 aromatic heterocycles. The van der Waals surface area contributed by atoms with Gasteiger partial charge in [-0.05, 0) is 36.0 Å². The zero-order valence-electron chi connectivity index (χ0n) is 17.1. The van der Waals surface area contributed by atoms with E-state index in [4.69, 9.17) is 5.26 Å². The van der Waals surface area contributed by atoms with Crippen molar-refractivity contribution < 1.29 is 13.2 Å². The molecule has 1 aliphatic heterocycles. The number of carbonyl (C=O) groups is 1. The lowest BCUT2D eigenvalue weighted by Gasteiger charge is -2.37. The Morgan fingerprint density at radius 1 is 1.45 bits per heavy atom. The maximum absolute atomic E-state index is 12.3. The average Bonchev–Trinajstić information content (AvgIpc) is 3.37. The lowest BCUT2D eigenvalue weighted by atomic mass is 9.95. The fourth-order valence-corrected chi connectivity index (χ4v) is 5.44. The molecule has 2 atom stereocenters. The van der Waals surface area contributed by atoms with Crippen LogP contribution in [-0.2, 0) is 14.6 Å². The minimum atomic E-state index is -3.35. The van der Waals surface area contributed by atoms with Crippen molar-refractivity contribution in [3.05, 3.63) is 24.5 Å². The third kappa shape index (κ3) is 4.40. The van der Waals surface area contributed by atoms with E-state index in [0.717, 1.165) is 35.3 Å². The van der Waals surface area contributed by atoms with Crippen LogP contribution in [0.3, 0.4) is 0 Å². The Labute approximate surface area is 184 Å². The molecule has 11 heteroatoms. The van der Waals surface area contributed by atoms with Gasteiger partial charge in [0.2, 0.25) is 5.91 Å². The van der Waals surface area contributed by atoms with Crippen molar-refractivity contribution in [2.24, 2.45) is 5.92 Å². The highest BCUT2D eigenvalue weighted by atomic mass is 32.2. The second-order valence-corrected chi connectivity index (χ2v) is 11.0. The molecule has 4 rings (SSSR count). The summed E-state index contributed by atoms with van der Waals surface area (Å²) >= 11 is 0.939. The first-order valence-electron chi connectivity index (χ1n) is 9.80. The SMILES string of the molecule is C[C@H]1C[C@@H](Nc2c(-c3cc(S(C)(=O)=O)sn3)cnc3[nH]ccc23)CN(C(=O)CC#N)C1. The van der Waals surface area contributed by atoms with Gasteiger partial charge in [0.05, 0.1) is 17.5 Å². The maximum Gasteiger partial charge on any atom is 0.236 e. The molecule has 3 aromatic rings. The van der Waals surface area contributed by atoms with Gasteiger partial charge in [-0.2, -0.15) is 9.64 Å². The Balaban J connectivity index is 1.70. The number of nitrogens with zero attached hydrogens (tertiary/aromatic N) is 4. The highest BCUT2D eigenvalue weighted by molar-refractivity contribution is 7.92. The van der Waals surface area contributed by atoms with Crippen LogP contribution in [0.25, 0.3) is 22.3 Å². The summed E-state index contributed by atoms with van der Waals surface area (Å²) in [5, 5.41) is 13.3. The van der Waals surface area contributed by atoms with Gasteiger partial charge in [-0.25, -0.2) is 13.4 Å². The van der Waals surface area contributed by atoms with Crippen molar-refractivity contribution in [1.29, 1.82) is 5.26 Å². The highest BCUT2D eigenvalue weighted by Crippen LogP contribution is 2.36. The van der Waals surface area contributed by atoms with E-state index in [1.54, 1.807) is 23.4 Å². The number of pyridine rings is 1. The van der Waals surface area contributed by atoms with Crippen LogP contribution in [0, 0.1) is 17.2 Å². The number of carbonyl (C=O) groups excluding carboxylic acids is 1. The van der Waals surface area contributed by atoms with Crippen molar-refractivity contribution in [2.45, 2.75) is 30.0 Å². The van der Waals surface area contributed by atoms with E-state index < -0.39 is 9.84 Å². The number of nitriles is 1. The standard InChI is InChI=1S/C20H22N6O3S2/c1-12-7-13(11-26(10-12)17(27)3-5-21)24-19-14-4-6-22-20(14)23-9-15(19)16-8-18(30-25-16)31(2,28)29/h4,6,8-9,12-13H,3,7,10-11H2,1-2H3,(H2,22,23,24)/t12-,13+/m0/s1. The summed E-state index contributed by atoms with van der Waals surface area (Å²) in [5.74, 6) is 0.108. The van der Waals surface area contributed by atoms with E-state index in [1.165, 1.54) is 0 Å². The second-order valence-electron chi connectivity index (χ2n) is 7.91. The van der Waals surface area contributed by atoms with Crippen molar-refractivity contribution in [3.63, 3.8) is 0 Å². The normalized spacial score (nSPS) is 19.3. The van der Waals surface area contributed by atoms with E-state index in [0.29, 0.717) is 30.0 Å². The molecule has 1 amide bonds. The number of nitrogens with one attached hydrogen (secondary N) is 2. The van der Waals surface area contributed by atoms with E-state index in [1.807, 2.05) is 12.1 Å². The van der Waals surface area contributed by atoms with Gasteiger partial charge in [-0.1, -0.05) is 6.92 Å². The molecule has 162 valence electrons. The molecule has 2 N–H and O–H groups in total. The van der Waals surface area contributed by atoms with E-state index in [9.17, 15) is 13.2 Å². The molecule has 0 aromatic carbocycles. The Bertz CT molecular complexity index is 1270. The summed E-state index contributed by atoms with van der Waals surface area (Å²) in [6.45, 7) is 3.20. The number of sulfone groups is 1. The molecule has 1 fully saturated rings. The van der Waals surface area contributed by atoms with Crippen molar-refractivity contribution in [2.75, 3.05) is 24.7 Å². The monoisotopic (exact) mass is 458 g/mol. The number of fused-ring (bicyclic) bond motifs is 1. The molecule has 0 radical (unpaired) electrons. The van der Waals surface area contributed by atoms with E-state index in [-0.39, 0.29) is 28.5 Å². The van der Waals surface area contributed by atoms with Gasteiger partial charge in [0.1, 0.15) is 16.3 Å². The summed E-state index contributed by atoms with van der Waals surface area (Å²) in [7, 11) is -3.35. The maximum atomic E-state index is 12.3. The first kappa shape index (κ1) is 21.3. The first-order valence-corrected chi connectivity index (χ1v) is 12.5. The number of aromatic amines is 1. The minimum Gasteiger partial charge on any atom is -0.379 e. The third-order valence-electron chi connectivity index (χ3n) is 5.31. The summed E-state index contributed by atoms with van der Waals surface area (Å²) < 4.78 is 28.4. The van der Waals surface area contributed by atoms with E-state index >= 15 is 0 Å². The number of hydrogen-bond acceptors (Lipinski definition) is 8. The number of rotatable bonds is 5. The average molecular weight is 459 g/mol. The quantitative estimate of drug-likeness (QED) is 0.601. The summed E-state index contributed by atoms with van der Waals surface area (Å²) in [4.78, 5) is 21.6. The number of H-pyrrole nitrogens is 1. The number of aromatic nitrogens is 3. The molecule has 1 saturated heterocycles. The highest BCUT2D eigenvalue weighted by Gasteiger charge is 2.29. The first-order chi connectivity index (χ1) is 14.8. The predicted octanol–water partition coefficient (Wildman–Crippen LogP) is 2.65. The van der Waals surface area contributed by atoms with E-state index in [2.05, 4.69) is 26.6 Å². The molecule has 0 saturated carbocycles. The molecular formula is C20H22N6O3S2. The molecule has 4 heterocycles. The van der Waals surface area contributed by atoms with Crippen LogP contribution in [0.1, 0.15) is 19.8 Å². The smallest absolute Gasteiger partial charge is 0.236 e. The van der Waals surface area contributed by atoms with Crippen LogP contribution in [0.15, 0.2) is 28.7 Å². The summed E-state index contributed by atoms with van der Waals surface area (Å²) in [6.07, 6.45) is 5.35. The Kier molecular flexibility index (Phi) is 5.68. The summed E-state index contributed by atoms with van der Waals surface area (Å²) in [5.41, 5.74) is 2.73. The van der Waals surface area contributed by atoms with Gasteiger partial charge in [-0.15, -0.1) is 0 Å². The number of amides is 1. The van der Waals surface area contributed by atoms with Gasteiger partial charge >= 0.3 is 0 Å². The van der Waals surface area contributed by atoms with Crippen LogP contribution < -0.4 is 5.32 Å². The largest absolute Gasteiger partial charge is 0.379 e. The van der Waals surface area contributed by atoms with Crippen LogP contribution >= 0.6 is 11.5 Å². The van der Waals surface area contributed by atoms with Crippen LogP contribution in [0.5, 0.6) is 0 Å². The van der Waals surface area contributed by atoms with Crippen LogP contribution in [-0.4, -0.2) is 59.0 Å². The van der Waals surface area contributed by atoms with Gasteiger partial charge in [0.25, 0.3) is 0 Å². The van der Waals surface area contributed by atoms with Gasteiger partial charge in [0.15, 0.2) is 9.84 Å². The molecule has 1 aliphatic rings. The summed E-state index contributed by atoms with van der Waals surface area (Å²) in [6, 6.07) is 5.37. The zero-order chi connectivity index (χ0) is 22.2. The fraction of sp³-hybridized carbons (Fsp3) is 0.400. The number of piperidine rings is 1. The molecule has 0 spiro atoms. The van der Waals surface area contributed by atoms with Crippen molar-refractivity contribution in [1.82, 2.24) is 19.2 Å². The predicted molar refractivity (Wildman–Crippen MR) is 118 cm³/mol. The third-order valence-corrected chi connectivity index (χ3v) is 7.87. The van der Waals surface area contributed by atoms with Crippen LogP contribution in [0.4, 0.5) is 5.69 Å². The molecule has 0 unspecified atom stereocenters. The Hall–Kier alpha value is -2.97. The Morgan fingerprint density at radius 3 is 2.97 bits per heavy atom. The molecular weight excluding hydrogens is 436 g/mol. The topological polar surface area (TPSA) is 132 Å². The zero-order valence-corrected chi connectivity index (χ0v) is 18.8. The van der Waals surface area contributed by atoms with Crippen LogP contribution in [0.2, 0.25) is 0 Å².